The zero-order chi connectivity index (χ0) is 13.3. The molecule has 1 N–H and O–H groups in total. The zero-order valence-corrected chi connectivity index (χ0v) is 12.1. The molecule has 0 amide bonds. The van der Waals surface area contributed by atoms with Crippen LogP contribution in [0.4, 0.5) is 0 Å². The van der Waals surface area contributed by atoms with Crippen molar-refractivity contribution in [1.29, 1.82) is 0 Å². The first-order chi connectivity index (χ1) is 9.12. The fourth-order valence-corrected chi connectivity index (χ4v) is 3.54. The molecule has 1 saturated carbocycles. The lowest BCUT2D eigenvalue weighted by atomic mass is 9.75. The summed E-state index contributed by atoms with van der Waals surface area (Å²) in [6.07, 6.45) is 6.73. The number of hydrogen-bond donors (Lipinski definition) is 1. The first kappa shape index (κ1) is 13.0. The maximum Gasteiger partial charge on any atom is 0.123 e. The van der Waals surface area contributed by atoms with Gasteiger partial charge in [-0.3, -0.25) is 0 Å². The van der Waals surface area contributed by atoms with Gasteiger partial charge in [0.2, 0.25) is 0 Å². The van der Waals surface area contributed by atoms with Gasteiger partial charge < -0.3 is 10.1 Å². The predicted octanol–water partition coefficient (Wildman–Crippen LogP) is 3.55. The van der Waals surface area contributed by atoms with Crippen LogP contribution in [0.3, 0.4) is 0 Å². The van der Waals surface area contributed by atoms with Gasteiger partial charge in [-0.15, -0.1) is 0 Å². The summed E-state index contributed by atoms with van der Waals surface area (Å²) in [5, 5.41) is 3.73. The van der Waals surface area contributed by atoms with Crippen LogP contribution in [0.5, 0.6) is 5.75 Å². The van der Waals surface area contributed by atoms with E-state index in [1.807, 2.05) is 0 Å². The molecule has 2 atom stereocenters. The SMILES string of the molecule is CC1(C)CCCC(NCC2Cc3ccccc3O2)C1. The Morgan fingerprint density at radius 2 is 2.16 bits per heavy atom. The van der Waals surface area contributed by atoms with Crippen LogP contribution in [-0.2, 0) is 6.42 Å². The van der Waals surface area contributed by atoms with E-state index < -0.39 is 0 Å². The van der Waals surface area contributed by atoms with Gasteiger partial charge in [-0.05, 0) is 36.3 Å². The number of nitrogens with one attached hydrogen (secondary N) is 1. The molecule has 0 spiro atoms. The summed E-state index contributed by atoms with van der Waals surface area (Å²) < 4.78 is 5.99. The summed E-state index contributed by atoms with van der Waals surface area (Å²) >= 11 is 0. The second-order valence-corrected chi connectivity index (χ2v) is 6.92. The number of ether oxygens (including phenoxy) is 1. The van der Waals surface area contributed by atoms with Crippen molar-refractivity contribution >= 4 is 0 Å². The molecule has 1 aromatic carbocycles. The molecule has 19 heavy (non-hydrogen) atoms. The first-order valence-electron chi connectivity index (χ1n) is 7.60. The monoisotopic (exact) mass is 259 g/mol. The molecule has 2 nitrogen and oxygen atoms in total. The molecule has 2 heteroatoms. The molecule has 2 unspecified atom stereocenters. The Kier molecular flexibility index (Phi) is 3.53. The van der Waals surface area contributed by atoms with Gasteiger partial charge in [0.05, 0.1) is 0 Å². The van der Waals surface area contributed by atoms with Crippen LogP contribution in [0.25, 0.3) is 0 Å². The van der Waals surface area contributed by atoms with Crippen molar-refractivity contribution < 1.29 is 4.74 Å². The maximum absolute atomic E-state index is 5.99. The average Bonchev–Trinajstić information content (AvgIpc) is 2.78. The van der Waals surface area contributed by atoms with E-state index >= 15 is 0 Å². The van der Waals surface area contributed by atoms with Crippen molar-refractivity contribution in [2.45, 2.75) is 58.1 Å². The number of para-hydroxylation sites is 1. The number of benzene rings is 1. The van der Waals surface area contributed by atoms with Crippen LogP contribution in [-0.4, -0.2) is 18.7 Å². The standard InChI is InChI=1S/C17H25NO/c1-17(2)9-5-7-14(11-17)18-12-15-10-13-6-3-4-8-16(13)19-15/h3-4,6,8,14-15,18H,5,7,9-12H2,1-2H3. The highest BCUT2D eigenvalue weighted by atomic mass is 16.5. The third-order valence-corrected chi connectivity index (χ3v) is 4.55. The largest absolute Gasteiger partial charge is 0.488 e. The molecule has 1 heterocycles. The van der Waals surface area contributed by atoms with Crippen LogP contribution in [0, 0.1) is 5.41 Å². The predicted molar refractivity (Wildman–Crippen MR) is 78.6 cm³/mol. The van der Waals surface area contributed by atoms with Crippen molar-refractivity contribution in [2.24, 2.45) is 5.41 Å². The molecular formula is C17H25NO. The van der Waals surface area contributed by atoms with E-state index in [4.69, 9.17) is 4.74 Å². The highest BCUT2D eigenvalue weighted by Gasteiger charge is 2.29. The molecular weight excluding hydrogens is 234 g/mol. The van der Waals surface area contributed by atoms with Gasteiger partial charge in [-0.2, -0.15) is 0 Å². The van der Waals surface area contributed by atoms with Gasteiger partial charge >= 0.3 is 0 Å². The third kappa shape index (κ3) is 3.11. The Labute approximate surface area is 116 Å². The molecule has 1 aliphatic carbocycles. The van der Waals surface area contributed by atoms with Crippen LogP contribution >= 0.6 is 0 Å². The van der Waals surface area contributed by atoms with Crippen LogP contribution in [0.1, 0.15) is 45.1 Å². The average molecular weight is 259 g/mol. The Morgan fingerprint density at radius 1 is 1.32 bits per heavy atom. The van der Waals surface area contributed by atoms with Crippen LogP contribution in [0.15, 0.2) is 24.3 Å². The molecule has 1 aromatic rings. The van der Waals surface area contributed by atoms with E-state index in [0.29, 0.717) is 17.6 Å². The van der Waals surface area contributed by atoms with Crippen molar-refractivity contribution in [3.05, 3.63) is 29.8 Å². The fraction of sp³-hybridized carbons (Fsp3) is 0.647. The number of fused-ring (bicyclic) bond motifs is 1. The zero-order valence-electron chi connectivity index (χ0n) is 12.1. The molecule has 0 bridgehead atoms. The third-order valence-electron chi connectivity index (χ3n) is 4.55. The topological polar surface area (TPSA) is 21.3 Å². The Hall–Kier alpha value is -1.02. The summed E-state index contributed by atoms with van der Waals surface area (Å²) in [4.78, 5) is 0. The maximum atomic E-state index is 5.99. The van der Waals surface area contributed by atoms with Gasteiger partial charge in [-0.1, -0.05) is 38.5 Å². The van der Waals surface area contributed by atoms with Gasteiger partial charge in [0.25, 0.3) is 0 Å². The second kappa shape index (κ2) is 5.16. The van der Waals surface area contributed by atoms with E-state index in [-0.39, 0.29) is 0 Å². The molecule has 1 aliphatic heterocycles. The molecule has 1 fully saturated rings. The summed E-state index contributed by atoms with van der Waals surface area (Å²) in [6.45, 7) is 5.76. The van der Waals surface area contributed by atoms with E-state index in [1.165, 1.54) is 31.2 Å². The van der Waals surface area contributed by atoms with Gasteiger partial charge in [0.15, 0.2) is 0 Å². The first-order valence-corrected chi connectivity index (χ1v) is 7.60. The Bertz CT molecular complexity index is 416. The molecule has 0 aromatic heterocycles. The Balaban J connectivity index is 1.49. The summed E-state index contributed by atoms with van der Waals surface area (Å²) in [7, 11) is 0. The van der Waals surface area contributed by atoms with Crippen molar-refractivity contribution in [3.63, 3.8) is 0 Å². The van der Waals surface area contributed by atoms with E-state index in [1.54, 1.807) is 0 Å². The minimum absolute atomic E-state index is 0.322. The number of rotatable bonds is 3. The van der Waals surface area contributed by atoms with E-state index in [9.17, 15) is 0 Å². The summed E-state index contributed by atoms with van der Waals surface area (Å²) in [6, 6.07) is 9.09. The minimum atomic E-state index is 0.322. The normalized spacial score (nSPS) is 28.7. The van der Waals surface area contributed by atoms with E-state index in [2.05, 4.69) is 43.4 Å². The smallest absolute Gasteiger partial charge is 0.123 e. The van der Waals surface area contributed by atoms with Crippen molar-refractivity contribution in [3.8, 4) is 5.75 Å². The van der Waals surface area contributed by atoms with Gasteiger partial charge in [-0.25, -0.2) is 0 Å². The lowest BCUT2D eigenvalue weighted by molar-refractivity contribution is 0.173. The van der Waals surface area contributed by atoms with Crippen molar-refractivity contribution in [1.82, 2.24) is 5.32 Å². The molecule has 0 saturated heterocycles. The van der Waals surface area contributed by atoms with Gasteiger partial charge in [0, 0.05) is 19.0 Å². The minimum Gasteiger partial charge on any atom is -0.488 e. The molecule has 104 valence electrons. The van der Waals surface area contributed by atoms with Gasteiger partial charge in [0.1, 0.15) is 11.9 Å². The lowest BCUT2D eigenvalue weighted by Gasteiger charge is -2.36. The lowest BCUT2D eigenvalue weighted by Crippen LogP contribution is -2.41. The quantitative estimate of drug-likeness (QED) is 0.896. The molecule has 3 rings (SSSR count). The molecule has 2 aliphatic rings. The summed E-state index contributed by atoms with van der Waals surface area (Å²) in [5.41, 5.74) is 1.87. The molecule has 0 radical (unpaired) electrons. The highest BCUT2D eigenvalue weighted by molar-refractivity contribution is 5.37. The van der Waals surface area contributed by atoms with Crippen molar-refractivity contribution in [2.75, 3.05) is 6.54 Å². The van der Waals surface area contributed by atoms with Crippen LogP contribution < -0.4 is 10.1 Å². The van der Waals surface area contributed by atoms with Crippen LogP contribution in [0.2, 0.25) is 0 Å². The number of hydrogen-bond acceptors (Lipinski definition) is 2. The van der Waals surface area contributed by atoms with E-state index in [0.717, 1.165) is 18.7 Å². The highest BCUT2D eigenvalue weighted by Crippen LogP contribution is 2.35. The summed E-state index contributed by atoms with van der Waals surface area (Å²) in [5.74, 6) is 1.08. The fourth-order valence-electron chi connectivity index (χ4n) is 3.54. The second-order valence-electron chi connectivity index (χ2n) is 6.92. The Morgan fingerprint density at radius 3 is 2.95 bits per heavy atom.